The first kappa shape index (κ1) is 16.8. The van der Waals surface area contributed by atoms with Gasteiger partial charge in [0.15, 0.2) is 11.5 Å². The lowest BCUT2D eigenvalue weighted by atomic mass is 10.1. The number of amides is 1. The van der Waals surface area contributed by atoms with Gasteiger partial charge in [0.1, 0.15) is 5.82 Å². The molecule has 4 rings (SSSR count). The van der Waals surface area contributed by atoms with Crippen molar-refractivity contribution in [2.75, 3.05) is 0 Å². The molecule has 0 aliphatic heterocycles. The minimum absolute atomic E-state index is 0.126. The third-order valence-corrected chi connectivity index (χ3v) is 4.17. The fraction of sp³-hybridized carbons (Fsp3) is 0.100. The fourth-order valence-corrected chi connectivity index (χ4v) is 2.71. The molecule has 0 saturated carbocycles. The molecule has 0 saturated heterocycles. The van der Waals surface area contributed by atoms with E-state index in [4.69, 9.17) is 0 Å². The number of carbonyl (C=O) groups excluding carboxylic acids is 1. The molecule has 0 fully saturated rings. The Kier molecular flexibility index (Phi) is 4.33. The number of nitrogens with one attached hydrogen (secondary N) is 1. The molecule has 1 N–H and O–H groups in total. The van der Waals surface area contributed by atoms with E-state index < -0.39 is 5.82 Å². The van der Waals surface area contributed by atoms with Crippen LogP contribution >= 0.6 is 0 Å². The Bertz CT molecular complexity index is 1120. The number of halogens is 1. The molecule has 2 aromatic heterocycles. The molecule has 0 spiro atoms. The van der Waals surface area contributed by atoms with Gasteiger partial charge in [-0.2, -0.15) is 9.61 Å². The van der Waals surface area contributed by atoms with Crippen molar-refractivity contribution in [3.8, 4) is 11.3 Å². The number of aryl methyl sites for hydroxylation is 1. The predicted octanol–water partition coefficient (Wildman–Crippen LogP) is 3.17. The number of benzene rings is 2. The van der Waals surface area contributed by atoms with E-state index in [0.29, 0.717) is 11.5 Å². The summed E-state index contributed by atoms with van der Waals surface area (Å²) < 4.78 is 14.9. The average molecular weight is 361 g/mol. The van der Waals surface area contributed by atoms with Crippen LogP contribution in [0.1, 0.15) is 21.7 Å². The third-order valence-electron chi connectivity index (χ3n) is 4.17. The summed E-state index contributed by atoms with van der Waals surface area (Å²) in [4.78, 5) is 12.2. The number of nitrogens with zero attached hydrogens (tertiary/aromatic N) is 4. The Morgan fingerprint density at radius 2 is 1.89 bits per heavy atom. The zero-order valence-corrected chi connectivity index (χ0v) is 14.6. The zero-order valence-electron chi connectivity index (χ0n) is 14.6. The molecule has 4 aromatic rings. The summed E-state index contributed by atoms with van der Waals surface area (Å²) in [5.74, 6) is -0.357. The summed E-state index contributed by atoms with van der Waals surface area (Å²) in [6.07, 6.45) is 0. The van der Waals surface area contributed by atoms with Crippen LogP contribution < -0.4 is 5.32 Å². The number of carbonyl (C=O) groups is 1. The van der Waals surface area contributed by atoms with Crippen molar-refractivity contribution in [3.63, 3.8) is 0 Å². The Hall–Kier alpha value is -3.61. The molecule has 0 atom stereocenters. The highest BCUT2D eigenvalue weighted by Gasteiger charge is 2.11. The summed E-state index contributed by atoms with van der Waals surface area (Å²) in [6.45, 7) is 2.15. The van der Waals surface area contributed by atoms with Gasteiger partial charge in [-0.25, -0.2) is 4.39 Å². The lowest BCUT2D eigenvalue weighted by Gasteiger charge is -2.06. The van der Waals surface area contributed by atoms with Crippen molar-refractivity contribution in [1.29, 1.82) is 0 Å². The smallest absolute Gasteiger partial charge is 0.251 e. The van der Waals surface area contributed by atoms with Crippen LogP contribution in [-0.4, -0.2) is 25.7 Å². The summed E-state index contributed by atoms with van der Waals surface area (Å²) in [7, 11) is 0. The van der Waals surface area contributed by atoms with Crippen LogP contribution in [0.25, 0.3) is 16.9 Å². The largest absolute Gasteiger partial charge is 0.345 e. The molecule has 2 heterocycles. The molecule has 6 nitrogen and oxygen atoms in total. The van der Waals surface area contributed by atoms with E-state index >= 15 is 0 Å². The van der Waals surface area contributed by atoms with E-state index in [0.717, 1.165) is 11.3 Å². The molecule has 7 heteroatoms. The molecule has 0 bridgehead atoms. The first-order chi connectivity index (χ1) is 13.1. The number of rotatable bonds is 4. The third kappa shape index (κ3) is 3.52. The van der Waals surface area contributed by atoms with Gasteiger partial charge in [-0.15, -0.1) is 10.2 Å². The average Bonchev–Trinajstić information content (AvgIpc) is 3.09. The van der Waals surface area contributed by atoms with E-state index in [2.05, 4.69) is 20.6 Å². The molecule has 0 radical (unpaired) electrons. The Morgan fingerprint density at radius 1 is 1.07 bits per heavy atom. The SMILES string of the molecule is Cc1ccc(-c2ccc3nnc(CNC(=O)c4cccc(F)c4)n3n2)cc1. The highest BCUT2D eigenvalue weighted by Crippen LogP contribution is 2.18. The maximum absolute atomic E-state index is 13.3. The molecule has 2 aromatic carbocycles. The van der Waals surface area contributed by atoms with Crippen molar-refractivity contribution >= 4 is 11.6 Å². The van der Waals surface area contributed by atoms with Crippen molar-refractivity contribution in [2.45, 2.75) is 13.5 Å². The van der Waals surface area contributed by atoms with E-state index in [-0.39, 0.29) is 18.0 Å². The van der Waals surface area contributed by atoms with E-state index in [9.17, 15) is 9.18 Å². The second kappa shape index (κ2) is 6.95. The molecule has 0 aliphatic rings. The van der Waals surface area contributed by atoms with Crippen LogP contribution in [0, 0.1) is 12.7 Å². The van der Waals surface area contributed by atoms with Gasteiger partial charge in [0.25, 0.3) is 5.91 Å². The maximum atomic E-state index is 13.3. The van der Waals surface area contributed by atoms with Gasteiger partial charge in [0.2, 0.25) is 0 Å². The van der Waals surface area contributed by atoms with Gasteiger partial charge in [-0.3, -0.25) is 4.79 Å². The molecule has 0 unspecified atom stereocenters. The van der Waals surface area contributed by atoms with E-state index in [1.54, 1.807) is 10.6 Å². The minimum Gasteiger partial charge on any atom is -0.345 e. The van der Waals surface area contributed by atoms with Crippen LogP contribution in [0.15, 0.2) is 60.7 Å². The summed E-state index contributed by atoms with van der Waals surface area (Å²) >= 11 is 0. The van der Waals surface area contributed by atoms with E-state index in [1.807, 2.05) is 43.3 Å². The molecule has 1 amide bonds. The minimum atomic E-state index is -0.458. The Balaban J connectivity index is 1.58. The molecule has 0 aliphatic carbocycles. The van der Waals surface area contributed by atoms with Crippen LogP contribution in [-0.2, 0) is 6.54 Å². The van der Waals surface area contributed by atoms with Crippen LogP contribution in [0.3, 0.4) is 0 Å². The number of aromatic nitrogens is 4. The Labute approximate surface area is 154 Å². The second-order valence-corrected chi connectivity index (χ2v) is 6.16. The van der Waals surface area contributed by atoms with E-state index in [1.165, 1.54) is 23.8 Å². The maximum Gasteiger partial charge on any atom is 0.251 e. The van der Waals surface area contributed by atoms with Gasteiger partial charge in [-0.1, -0.05) is 35.9 Å². The monoisotopic (exact) mass is 361 g/mol. The highest BCUT2D eigenvalue weighted by molar-refractivity contribution is 5.94. The van der Waals surface area contributed by atoms with Gasteiger partial charge in [0, 0.05) is 11.1 Å². The van der Waals surface area contributed by atoms with Gasteiger partial charge < -0.3 is 5.32 Å². The first-order valence-corrected chi connectivity index (χ1v) is 8.42. The lowest BCUT2D eigenvalue weighted by Crippen LogP contribution is -2.24. The fourth-order valence-electron chi connectivity index (χ4n) is 2.71. The topological polar surface area (TPSA) is 72.2 Å². The number of hydrogen-bond donors (Lipinski definition) is 1. The van der Waals surface area contributed by atoms with Crippen molar-refractivity contribution in [2.24, 2.45) is 0 Å². The quantitative estimate of drug-likeness (QED) is 0.606. The van der Waals surface area contributed by atoms with Gasteiger partial charge in [0.05, 0.1) is 12.2 Å². The van der Waals surface area contributed by atoms with Crippen LogP contribution in [0.2, 0.25) is 0 Å². The van der Waals surface area contributed by atoms with Crippen molar-refractivity contribution in [1.82, 2.24) is 25.1 Å². The molecule has 134 valence electrons. The van der Waals surface area contributed by atoms with Crippen molar-refractivity contribution < 1.29 is 9.18 Å². The van der Waals surface area contributed by atoms with Crippen LogP contribution in [0.4, 0.5) is 4.39 Å². The number of fused-ring (bicyclic) bond motifs is 1. The lowest BCUT2D eigenvalue weighted by molar-refractivity contribution is 0.0949. The van der Waals surface area contributed by atoms with Crippen LogP contribution in [0.5, 0.6) is 0 Å². The molecular formula is C20H16FN5O. The normalized spacial score (nSPS) is 10.9. The number of hydrogen-bond acceptors (Lipinski definition) is 4. The van der Waals surface area contributed by atoms with Gasteiger partial charge in [-0.05, 0) is 37.3 Å². The van der Waals surface area contributed by atoms with Gasteiger partial charge >= 0.3 is 0 Å². The predicted molar refractivity (Wildman–Crippen MR) is 98.5 cm³/mol. The molecule has 27 heavy (non-hydrogen) atoms. The Morgan fingerprint density at radius 3 is 2.67 bits per heavy atom. The van der Waals surface area contributed by atoms with Crippen molar-refractivity contribution in [3.05, 3.63) is 83.4 Å². The summed E-state index contributed by atoms with van der Waals surface area (Å²) in [5.41, 5.74) is 3.76. The zero-order chi connectivity index (χ0) is 18.8. The molecular weight excluding hydrogens is 345 g/mol. The summed E-state index contributed by atoms with van der Waals surface area (Å²) in [6, 6.07) is 17.3. The standard InChI is InChI=1S/C20H16FN5O/c1-13-5-7-14(8-6-13)17-9-10-18-23-24-19(26(18)25-17)12-22-20(27)15-3-2-4-16(21)11-15/h2-11H,12H2,1H3,(H,22,27). The highest BCUT2D eigenvalue weighted by atomic mass is 19.1. The second-order valence-electron chi connectivity index (χ2n) is 6.16. The summed E-state index contributed by atoms with van der Waals surface area (Å²) in [5, 5.41) is 15.5. The first-order valence-electron chi connectivity index (χ1n) is 8.42.